The van der Waals surface area contributed by atoms with Crippen LogP contribution in [0, 0.1) is 0 Å². The number of carboxylic acid groups (broad SMARTS) is 1. The van der Waals surface area contributed by atoms with Gasteiger partial charge in [0.25, 0.3) is 0 Å². The first-order valence-corrected chi connectivity index (χ1v) is 12.9. The number of fused-ring (bicyclic) bond motifs is 2. The van der Waals surface area contributed by atoms with Crippen LogP contribution in [0.4, 0.5) is 0 Å². The summed E-state index contributed by atoms with van der Waals surface area (Å²) in [5.41, 5.74) is 7.91. The SMILES string of the molecule is CC(C)(N)C(=O)N[C@H](CCCc1ccccc1)C(=O)N1CCC2(CC1)CC(C(=O)O)c1ccccc12. The Hall–Kier alpha value is -3.19. The van der Waals surface area contributed by atoms with Crippen LogP contribution in [0.3, 0.4) is 0 Å². The fourth-order valence-corrected chi connectivity index (χ4v) is 5.72. The molecule has 36 heavy (non-hydrogen) atoms. The number of carbonyl (C=O) groups excluding carboxylic acids is 2. The van der Waals surface area contributed by atoms with E-state index < -0.39 is 23.5 Å². The van der Waals surface area contributed by atoms with E-state index in [4.69, 9.17) is 5.73 Å². The molecule has 192 valence electrons. The topological polar surface area (TPSA) is 113 Å². The minimum atomic E-state index is -1.08. The molecule has 1 aliphatic heterocycles. The second-order valence-corrected chi connectivity index (χ2v) is 10.9. The molecule has 1 fully saturated rings. The Morgan fingerprint density at radius 1 is 1.08 bits per heavy atom. The largest absolute Gasteiger partial charge is 0.481 e. The molecule has 2 aliphatic rings. The molecule has 7 heteroatoms. The van der Waals surface area contributed by atoms with Crippen molar-refractivity contribution in [2.75, 3.05) is 13.1 Å². The maximum atomic E-state index is 13.6. The minimum Gasteiger partial charge on any atom is -0.481 e. The van der Waals surface area contributed by atoms with Crippen molar-refractivity contribution in [1.82, 2.24) is 10.2 Å². The average Bonchev–Trinajstić information content (AvgIpc) is 3.18. The van der Waals surface area contributed by atoms with E-state index in [1.807, 2.05) is 47.4 Å². The van der Waals surface area contributed by atoms with Gasteiger partial charge >= 0.3 is 5.97 Å². The number of amides is 2. The van der Waals surface area contributed by atoms with E-state index in [0.717, 1.165) is 24.0 Å². The van der Waals surface area contributed by atoms with Crippen molar-refractivity contribution in [2.24, 2.45) is 5.73 Å². The highest BCUT2D eigenvalue weighted by Gasteiger charge is 2.48. The molecule has 1 aliphatic carbocycles. The van der Waals surface area contributed by atoms with Gasteiger partial charge in [0.05, 0.1) is 11.5 Å². The molecule has 0 saturated carbocycles. The van der Waals surface area contributed by atoms with Gasteiger partial charge in [0, 0.05) is 18.5 Å². The summed E-state index contributed by atoms with van der Waals surface area (Å²) >= 11 is 0. The summed E-state index contributed by atoms with van der Waals surface area (Å²) in [6.45, 7) is 4.34. The fraction of sp³-hybridized carbons (Fsp3) is 0.483. The third kappa shape index (κ3) is 5.46. The molecular formula is C29H37N3O4. The van der Waals surface area contributed by atoms with E-state index >= 15 is 0 Å². The molecule has 2 amide bonds. The molecule has 1 saturated heterocycles. The Kier molecular flexibility index (Phi) is 7.50. The number of likely N-dealkylation sites (tertiary alicyclic amines) is 1. The summed E-state index contributed by atoms with van der Waals surface area (Å²) in [7, 11) is 0. The van der Waals surface area contributed by atoms with Crippen molar-refractivity contribution >= 4 is 17.8 Å². The molecule has 1 spiro atoms. The first kappa shape index (κ1) is 25.9. The van der Waals surface area contributed by atoms with Crippen molar-refractivity contribution in [3.05, 3.63) is 71.3 Å². The van der Waals surface area contributed by atoms with Crippen LogP contribution in [0.15, 0.2) is 54.6 Å². The molecule has 7 nitrogen and oxygen atoms in total. The molecular weight excluding hydrogens is 454 g/mol. The number of hydrogen-bond acceptors (Lipinski definition) is 4. The lowest BCUT2D eigenvalue weighted by Gasteiger charge is -2.41. The average molecular weight is 492 g/mol. The van der Waals surface area contributed by atoms with Gasteiger partial charge in [-0.1, -0.05) is 54.6 Å². The molecule has 0 aromatic heterocycles. The molecule has 1 heterocycles. The van der Waals surface area contributed by atoms with Gasteiger partial charge in [-0.25, -0.2) is 0 Å². The quantitative estimate of drug-likeness (QED) is 0.524. The molecule has 1 unspecified atom stereocenters. The summed E-state index contributed by atoms with van der Waals surface area (Å²) in [5.74, 6) is -1.72. The van der Waals surface area contributed by atoms with Gasteiger partial charge in [-0.05, 0) is 69.1 Å². The highest BCUT2D eigenvalue weighted by Crippen LogP contribution is 2.51. The summed E-state index contributed by atoms with van der Waals surface area (Å²) in [6, 6.07) is 17.3. The van der Waals surface area contributed by atoms with Crippen molar-refractivity contribution in [3.63, 3.8) is 0 Å². The van der Waals surface area contributed by atoms with E-state index in [9.17, 15) is 19.5 Å². The van der Waals surface area contributed by atoms with Crippen LogP contribution in [-0.2, 0) is 26.2 Å². The number of nitrogens with two attached hydrogens (primary N) is 1. The highest BCUT2D eigenvalue weighted by atomic mass is 16.4. The van der Waals surface area contributed by atoms with E-state index in [1.54, 1.807) is 13.8 Å². The lowest BCUT2D eigenvalue weighted by molar-refractivity contribution is -0.140. The van der Waals surface area contributed by atoms with Crippen molar-refractivity contribution in [1.29, 1.82) is 0 Å². The molecule has 0 radical (unpaired) electrons. The summed E-state index contributed by atoms with van der Waals surface area (Å²) in [5, 5.41) is 12.7. The Labute approximate surface area is 213 Å². The van der Waals surface area contributed by atoms with Gasteiger partial charge in [0.15, 0.2) is 0 Å². The standard InChI is InChI=1S/C29H37N3O4/c1-28(2,30)27(36)31-24(14-8-11-20-9-4-3-5-10-20)25(33)32-17-15-29(16-18-32)19-22(26(34)35)21-12-6-7-13-23(21)29/h3-7,9-10,12-13,22,24H,8,11,14-19,30H2,1-2H3,(H,31,36)(H,34,35)/t22?,24-/m1/s1. The predicted octanol–water partition coefficient (Wildman–Crippen LogP) is 3.36. The predicted molar refractivity (Wildman–Crippen MR) is 139 cm³/mol. The van der Waals surface area contributed by atoms with Gasteiger partial charge in [0.1, 0.15) is 6.04 Å². The number of aryl methyl sites for hydroxylation is 1. The number of rotatable bonds is 8. The Morgan fingerprint density at radius 2 is 1.72 bits per heavy atom. The van der Waals surface area contributed by atoms with Gasteiger partial charge in [-0.15, -0.1) is 0 Å². The lowest BCUT2D eigenvalue weighted by Crippen LogP contribution is -2.57. The molecule has 2 atom stereocenters. The highest BCUT2D eigenvalue weighted by molar-refractivity contribution is 5.91. The van der Waals surface area contributed by atoms with Crippen LogP contribution in [0.1, 0.15) is 68.6 Å². The zero-order chi connectivity index (χ0) is 25.9. The number of carboxylic acids is 1. The van der Waals surface area contributed by atoms with Crippen LogP contribution in [0.25, 0.3) is 0 Å². The molecule has 4 N–H and O–H groups in total. The van der Waals surface area contributed by atoms with E-state index in [0.29, 0.717) is 38.8 Å². The van der Waals surface area contributed by atoms with E-state index in [2.05, 4.69) is 17.4 Å². The summed E-state index contributed by atoms with van der Waals surface area (Å²) in [6.07, 6.45) is 4.11. The van der Waals surface area contributed by atoms with Gasteiger partial charge in [-0.2, -0.15) is 0 Å². The maximum absolute atomic E-state index is 13.6. The Bertz CT molecular complexity index is 1100. The van der Waals surface area contributed by atoms with Crippen molar-refractivity contribution in [2.45, 2.75) is 75.3 Å². The van der Waals surface area contributed by atoms with Crippen LogP contribution in [0.5, 0.6) is 0 Å². The first-order valence-electron chi connectivity index (χ1n) is 12.9. The normalized spacial score (nSPS) is 19.5. The van der Waals surface area contributed by atoms with E-state index in [1.165, 1.54) is 5.56 Å². The number of aliphatic carboxylic acids is 1. The van der Waals surface area contributed by atoms with Crippen molar-refractivity contribution in [3.8, 4) is 0 Å². The Balaban J connectivity index is 1.44. The Morgan fingerprint density at radius 3 is 2.36 bits per heavy atom. The lowest BCUT2D eigenvalue weighted by atomic mass is 9.73. The number of nitrogens with one attached hydrogen (secondary N) is 1. The van der Waals surface area contributed by atoms with Gasteiger partial charge in [-0.3, -0.25) is 14.4 Å². The van der Waals surface area contributed by atoms with Gasteiger partial charge in [0.2, 0.25) is 11.8 Å². The zero-order valence-electron chi connectivity index (χ0n) is 21.2. The van der Waals surface area contributed by atoms with Gasteiger partial charge < -0.3 is 21.1 Å². The number of carbonyl (C=O) groups is 3. The second-order valence-electron chi connectivity index (χ2n) is 10.9. The van der Waals surface area contributed by atoms with Crippen LogP contribution in [0.2, 0.25) is 0 Å². The minimum absolute atomic E-state index is 0.0865. The van der Waals surface area contributed by atoms with Crippen LogP contribution >= 0.6 is 0 Å². The number of nitrogens with zero attached hydrogens (tertiary/aromatic N) is 1. The summed E-state index contributed by atoms with van der Waals surface area (Å²) < 4.78 is 0. The first-order chi connectivity index (χ1) is 17.1. The number of piperidine rings is 1. The number of hydrogen-bond donors (Lipinski definition) is 3. The second kappa shape index (κ2) is 10.4. The monoisotopic (exact) mass is 491 g/mol. The smallest absolute Gasteiger partial charge is 0.311 e. The van der Waals surface area contributed by atoms with E-state index in [-0.39, 0.29) is 17.2 Å². The fourth-order valence-electron chi connectivity index (χ4n) is 5.72. The molecule has 0 bridgehead atoms. The summed E-state index contributed by atoms with van der Waals surface area (Å²) in [4.78, 5) is 40.0. The van der Waals surface area contributed by atoms with Crippen LogP contribution in [-0.4, -0.2) is 52.5 Å². The van der Waals surface area contributed by atoms with Crippen LogP contribution < -0.4 is 11.1 Å². The zero-order valence-corrected chi connectivity index (χ0v) is 21.2. The third-order valence-electron chi connectivity index (χ3n) is 7.82. The maximum Gasteiger partial charge on any atom is 0.311 e. The third-order valence-corrected chi connectivity index (χ3v) is 7.82. The molecule has 4 rings (SSSR count). The molecule has 2 aromatic rings. The van der Waals surface area contributed by atoms with Crippen molar-refractivity contribution < 1.29 is 19.5 Å². The molecule has 2 aromatic carbocycles. The number of benzene rings is 2.